The van der Waals surface area contributed by atoms with Crippen molar-refractivity contribution in [2.45, 2.75) is 18.9 Å². The Balaban J connectivity index is 1.46. The number of amides is 2. The van der Waals surface area contributed by atoms with Crippen molar-refractivity contribution in [1.29, 1.82) is 0 Å². The van der Waals surface area contributed by atoms with E-state index in [2.05, 4.69) is 5.32 Å². The van der Waals surface area contributed by atoms with Gasteiger partial charge in [0.25, 0.3) is 5.91 Å². The smallest absolute Gasteiger partial charge is 0.254 e. The van der Waals surface area contributed by atoms with Gasteiger partial charge < -0.3 is 19.7 Å². The van der Waals surface area contributed by atoms with Gasteiger partial charge in [-0.15, -0.1) is 0 Å². The fourth-order valence-corrected chi connectivity index (χ4v) is 4.15. The van der Waals surface area contributed by atoms with E-state index in [1.807, 2.05) is 6.07 Å². The van der Waals surface area contributed by atoms with Crippen molar-refractivity contribution in [2.75, 3.05) is 19.9 Å². The summed E-state index contributed by atoms with van der Waals surface area (Å²) in [7, 11) is 0. The number of piperidine rings is 1. The van der Waals surface area contributed by atoms with Crippen LogP contribution in [0.4, 0.5) is 4.39 Å². The first-order valence-electron chi connectivity index (χ1n) is 9.37. The maximum absolute atomic E-state index is 14.3. The summed E-state index contributed by atoms with van der Waals surface area (Å²) >= 11 is 0. The van der Waals surface area contributed by atoms with Gasteiger partial charge in [0.2, 0.25) is 12.7 Å². The van der Waals surface area contributed by atoms with Crippen molar-refractivity contribution < 1.29 is 23.5 Å². The fraction of sp³-hybridized carbons (Fsp3) is 0.333. The van der Waals surface area contributed by atoms with Crippen molar-refractivity contribution in [3.05, 3.63) is 47.8 Å². The molecule has 2 aromatic carbocycles. The average molecular weight is 382 g/mol. The highest BCUT2D eigenvalue weighted by molar-refractivity contribution is 5.96. The molecule has 2 bridgehead atoms. The van der Waals surface area contributed by atoms with Crippen LogP contribution in [-0.4, -0.2) is 42.6 Å². The number of carbonyl (C=O) groups is 2. The summed E-state index contributed by atoms with van der Waals surface area (Å²) in [5.74, 6) is 0.328. The lowest BCUT2D eigenvalue weighted by atomic mass is 9.96. The SMILES string of the molecule is O=C1N[C@H]2CC[C@@H]1CN(C(=O)c1cc(F)cc(-c3ccc4c(c3)OCO4)c1)C2. The average Bonchev–Trinajstić information content (AvgIpc) is 2.98. The molecule has 0 radical (unpaired) electrons. The highest BCUT2D eigenvalue weighted by atomic mass is 19.1. The van der Waals surface area contributed by atoms with Gasteiger partial charge in [-0.1, -0.05) is 6.07 Å². The van der Waals surface area contributed by atoms with E-state index in [0.29, 0.717) is 30.2 Å². The first-order valence-corrected chi connectivity index (χ1v) is 9.37. The first kappa shape index (κ1) is 17.0. The van der Waals surface area contributed by atoms with Gasteiger partial charge in [-0.05, 0) is 54.3 Å². The third-order valence-corrected chi connectivity index (χ3v) is 5.60. The molecule has 0 unspecified atom stereocenters. The molecule has 7 heteroatoms. The second kappa shape index (κ2) is 6.51. The minimum absolute atomic E-state index is 0.00633. The van der Waals surface area contributed by atoms with Crippen molar-refractivity contribution in [2.24, 2.45) is 5.92 Å². The molecule has 3 fully saturated rings. The molecule has 3 saturated heterocycles. The van der Waals surface area contributed by atoms with E-state index in [4.69, 9.17) is 9.47 Å². The molecule has 2 amide bonds. The number of benzene rings is 2. The zero-order chi connectivity index (χ0) is 19.3. The molecular weight excluding hydrogens is 363 g/mol. The van der Waals surface area contributed by atoms with Gasteiger partial charge in [-0.2, -0.15) is 0 Å². The minimum Gasteiger partial charge on any atom is -0.454 e. The van der Waals surface area contributed by atoms with E-state index in [-0.39, 0.29) is 36.1 Å². The molecule has 0 saturated carbocycles. The summed E-state index contributed by atoms with van der Waals surface area (Å²) in [6.45, 7) is 0.990. The van der Waals surface area contributed by atoms with Crippen LogP contribution < -0.4 is 14.8 Å². The topological polar surface area (TPSA) is 67.9 Å². The van der Waals surface area contributed by atoms with Crippen LogP contribution in [0.15, 0.2) is 36.4 Å². The number of carbonyl (C=O) groups excluding carboxylic acids is 2. The predicted octanol–water partition coefficient (Wildman–Crippen LogP) is 2.57. The largest absolute Gasteiger partial charge is 0.454 e. The number of nitrogens with one attached hydrogen (secondary N) is 1. The minimum atomic E-state index is -0.481. The molecule has 144 valence electrons. The zero-order valence-electron chi connectivity index (χ0n) is 15.1. The van der Waals surface area contributed by atoms with Crippen molar-refractivity contribution in [1.82, 2.24) is 10.2 Å². The normalized spacial score (nSPS) is 22.8. The van der Waals surface area contributed by atoms with Crippen LogP contribution >= 0.6 is 0 Å². The van der Waals surface area contributed by atoms with E-state index < -0.39 is 5.82 Å². The number of nitrogens with zero attached hydrogens (tertiary/aromatic N) is 1. The molecule has 1 N–H and O–H groups in total. The Morgan fingerprint density at radius 1 is 1.04 bits per heavy atom. The summed E-state index contributed by atoms with van der Waals surface area (Å²) < 4.78 is 25.0. The Morgan fingerprint density at radius 2 is 1.89 bits per heavy atom. The Morgan fingerprint density at radius 3 is 2.75 bits per heavy atom. The lowest BCUT2D eigenvalue weighted by Crippen LogP contribution is -2.43. The maximum Gasteiger partial charge on any atom is 0.254 e. The molecule has 0 spiro atoms. The summed E-state index contributed by atoms with van der Waals surface area (Å²) in [6.07, 6.45) is 1.65. The van der Waals surface area contributed by atoms with Crippen molar-refractivity contribution in [3.63, 3.8) is 0 Å². The van der Waals surface area contributed by atoms with Gasteiger partial charge >= 0.3 is 0 Å². The number of fused-ring (bicyclic) bond motifs is 5. The highest BCUT2D eigenvalue weighted by Gasteiger charge is 2.36. The highest BCUT2D eigenvalue weighted by Crippen LogP contribution is 2.36. The third-order valence-electron chi connectivity index (χ3n) is 5.60. The lowest BCUT2D eigenvalue weighted by molar-refractivity contribution is -0.126. The van der Waals surface area contributed by atoms with E-state index >= 15 is 0 Å². The van der Waals surface area contributed by atoms with Gasteiger partial charge in [0, 0.05) is 24.7 Å². The fourth-order valence-electron chi connectivity index (χ4n) is 4.15. The number of hydrogen-bond acceptors (Lipinski definition) is 4. The van der Waals surface area contributed by atoms with Crippen LogP contribution in [0.3, 0.4) is 0 Å². The second-order valence-electron chi connectivity index (χ2n) is 7.49. The molecule has 0 aromatic heterocycles. The molecule has 0 aliphatic carbocycles. The van der Waals surface area contributed by atoms with Crippen molar-refractivity contribution >= 4 is 11.8 Å². The maximum atomic E-state index is 14.3. The first-order chi connectivity index (χ1) is 13.6. The Labute approximate surface area is 161 Å². The van der Waals surface area contributed by atoms with Crippen LogP contribution in [0.5, 0.6) is 11.5 Å². The number of halogens is 1. The molecule has 6 nitrogen and oxygen atoms in total. The van der Waals surface area contributed by atoms with Crippen LogP contribution in [0.2, 0.25) is 0 Å². The molecule has 4 heterocycles. The predicted molar refractivity (Wildman–Crippen MR) is 98.5 cm³/mol. The van der Waals surface area contributed by atoms with Crippen LogP contribution in [0.25, 0.3) is 11.1 Å². The Hall–Kier alpha value is -3.09. The number of ether oxygens (including phenoxy) is 2. The van der Waals surface area contributed by atoms with Crippen LogP contribution in [-0.2, 0) is 4.79 Å². The lowest BCUT2D eigenvalue weighted by Gasteiger charge is -2.23. The Kier molecular flexibility index (Phi) is 3.96. The Bertz CT molecular complexity index is 977. The van der Waals surface area contributed by atoms with Crippen LogP contribution in [0.1, 0.15) is 23.2 Å². The molecule has 6 rings (SSSR count). The van der Waals surface area contributed by atoms with E-state index in [9.17, 15) is 14.0 Å². The summed E-state index contributed by atoms with van der Waals surface area (Å²) in [5, 5.41) is 2.95. The summed E-state index contributed by atoms with van der Waals surface area (Å²) in [4.78, 5) is 26.8. The monoisotopic (exact) mass is 382 g/mol. The number of hydrogen-bond donors (Lipinski definition) is 1. The second-order valence-corrected chi connectivity index (χ2v) is 7.49. The quantitative estimate of drug-likeness (QED) is 0.867. The molecule has 2 atom stereocenters. The number of rotatable bonds is 2. The van der Waals surface area contributed by atoms with E-state index in [1.165, 1.54) is 12.1 Å². The van der Waals surface area contributed by atoms with E-state index in [0.717, 1.165) is 18.4 Å². The van der Waals surface area contributed by atoms with Crippen molar-refractivity contribution in [3.8, 4) is 22.6 Å². The van der Waals surface area contributed by atoms with Crippen LogP contribution in [0, 0.1) is 11.7 Å². The van der Waals surface area contributed by atoms with Gasteiger partial charge in [0.15, 0.2) is 11.5 Å². The van der Waals surface area contributed by atoms with Gasteiger partial charge in [0.1, 0.15) is 5.82 Å². The third kappa shape index (κ3) is 2.96. The molecule has 4 aliphatic rings. The van der Waals surface area contributed by atoms with E-state index in [1.54, 1.807) is 23.1 Å². The molecule has 2 aromatic rings. The zero-order valence-corrected chi connectivity index (χ0v) is 15.1. The van der Waals surface area contributed by atoms with Gasteiger partial charge in [-0.25, -0.2) is 4.39 Å². The summed E-state index contributed by atoms with van der Waals surface area (Å²) in [6, 6.07) is 9.66. The standard InChI is InChI=1S/C21H19FN2O4/c22-16-6-14(12-2-4-18-19(8-12)28-11-27-18)5-15(7-16)21(26)24-9-13-1-3-17(10-24)23-20(13)25/h2,4-8,13,17H,1,3,9-11H2,(H,23,25)/t13-,17+/m1/s1. The molecule has 28 heavy (non-hydrogen) atoms. The summed E-state index contributed by atoms with van der Waals surface area (Å²) in [5.41, 5.74) is 1.61. The van der Waals surface area contributed by atoms with Gasteiger partial charge in [-0.3, -0.25) is 9.59 Å². The molecule has 4 aliphatic heterocycles. The van der Waals surface area contributed by atoms with Gasteiger partial charge in [0.05, 0.1) is 5.92 Å². The molecular formula is C21H19FN2O4.